The summed E-state index contributed by atoms with van der Waals surface area (Å²) in [4.78, 5) is 25.6. The fourth-order valence-corrected chi connectivity index (χ4v) is 3.39. The quantitative estimate of drug-likeness (QED) is 0.921. The van der Waals surface area contributed by atoms with Crippen LogP contribution in [0.2, 0.25) is 0 Å². The number of aromatic carboxylic acids is 1. The van der Waals surface area contributed by atoms with Crippen molar-refractivity contribution in [3.05, 3.63) is 46.8 Å². The van der Waals surface area contributed by atoms with Crippen LogP contribution in [0.3, 0.4) is 0 Å². The Hall–Kier alpha value is -2.70. The molecule has 0 spiro atoms. The highest BCUT2D eigenvalue weighted by Crippen LogP contribution is 2.33. The summed E-state index contributed by atoms with van der Waals surface area (Å²) in [6.07, 6.45) is 4.30. The number of nitrogens with zero attached hydrogens (tertiary/aromatic N) is 4. The van der Waals surface area contributed by atoms with Crippen LogP contribution in [-0.2, 0) is 11.3 Å². The maximum Gasteiger partial charge on any atom is 0.358 e. The first kappa shape index (κ1) is 17.1. The van der Waals surface area contributed by atoms with Gasteiger partial charge in [-0.05, 0) is 49.8 Å². The summed E-state index contributed by atoms with van der Waals surface area (Å²) < 4.78 is 1.29. The predicted molar refractivity (Wildman–Crippen MR) is 91.2 cm³/mol. The van der Waals surface area contributed by atoms with Gasteiger partial charge in [0.15, 0.2) is 5.69 Å². The van der Waals surface area contributed by atoms with Crippen molar-refractivity contribution in [2.24, 2.45) is 0 Å². The molecule has 1 aromatic heterocycles. The smallest absolute Gasteiger partial charge is 0.358 e. The van der Waals surface area contributed by atoms with Crippen LogP contribution >= 0.6 is 0 Å². The van der Waals surface area contributed by atoms with Gasteiger partial charge >= 0.3 is 5.97 Å². The van der Waals surface area contributed by atoms with Crippen molar-refractivity contribution >= 4 is 11.9 Å². The molecule has 132 valence electrons. The Labute approximate surface area is 146 Å². The third-order valence-corrected chi connectivity index (χ3v) is 4.88. The number of benzene rings is 1. The van der Waals surface area contributed by atoms with Gasteiger partial charge in [0.25, 0.3) is 0 Å². The molecule has 0 saturated carbocycles. The normalized spacial score (nSPS) is 17.5. The van der Waals surface area contributed by atoms with Crippen molar-refractivity contribution in [3.63, 3.8) is 0 Å². The number of aromatic nitrogens is 3. The van der Waals surface area contributed by atoms with Crippen molar-refractivity contribution in [1.29, 1.82) is 0 Å². The van der Waals surface area contributed by atoms with E-state index in [2.05, 4.69) is 36.3 Å². The SMILES string of the molecule is Cc1cccc(C2CCCCN2C(=O)Cn2cc(C(=O)O)nn2)c1C. The maximum atomic E-state index is 12.8. The molecule has 0 bridgehead atoms. The average Bonchev–Trinajstić information content (AvgIpc) is 3.06. The van der Waals surface area contributed by atoms with Gasteiger partial charge in [-0.3, -0.25) is 4.79 Å². The fraction of sp³-hybridized carbons (Fsp3) is 0.444. The van der Waals surface area contributed by atoms with Gasteiger partial charge in [0, 0.05) is 6.54 Å². The van der Waals surface area contributed by atoms with E-state index in [0.717, 1.165) is 19.3 Å². The van der Waals surface area contributed by atoms with Gasteiger partial charge in [-0.1, -0.05) is 23.4 Å². The molecule has 1 amide bonds. The monoisotopic (exact) mass is 342 g/mol. The van der Waals surface area contributed by atoms with Gasteiger partial charge in [0.05, 0.1) is 12.2 Å². The highest BCUT2D eigenvalue weighted by atomic mass is 16.4. The first-order chi connectivity index (χ1) is 12.0. The molecule has 1 N–H and O–H groups in total. The van der Waals surface area contributed by atoms with Crippen LogP contribution in [0, 0.1) is 13.8 Å². The van der Waals surface area contributed by atoms with Crippen molar-refractivity contribution in [3.8, 4) is 0 Å². The average molecular weight is 342 g/mol. The zero-order valence-electron chi connectivity index (χ0n) is 14.5. The molecule has 1 aliphatic rings. The summed E-state index contributed by atoms with van der Waals surface area (Å²) in [6.45, 7) is 4.88. The molecule has 2 heterocycles. The molecular weight excluding hydrogens is 320 g/mol. The number of carbonyl (C=O) groups is 2. The van der Waals surface area contributed by atoms with E-state index in [-0.39, 0.29) is 24.2 Å². The minimum atomic E-state index is -1.15. The van der Waals surface area contributed by atoms with E-state index in [0.29, 0.717) is 6.54 Å². The first-order valence-corrected chi connectivity index (χ1v) is 8.46. The zero-order valence-corrected chi connectivity index (χ0v) is 14.5. The molecule has 3 rings (SSSR count). The minimum absolute atomic E-state index is 0.00163. The molecule has 7 heteroatoms. The molecule has 1 saturated heterocycles. The summed E-state index contributed by atoms with van der Waals surface area (Å²) in [6, 6.07) is 6.27. The summed E-state index contributed by atoms with van der Waals surface area (Å²) >= 11 is 0. The van der Waals surface area contributed by atoms with E-state index in [4.69, 9.17) is 5.11 Å². The fourth-order valence-electron chi connectivity index (χ4n) is 3.39. The van der Waals surface area contributed by atoms with Crippen molar-refractivity contribution < 1.29 is 14.7 Å². The van der Waals surface area contributed by atoms with Gasteiger partial charge in [0.2, 0.25) is 5.91 Å². The Morgan fingerprint density at radius 3 is 2.80 bits per heavy atom. The number of likely N-dealkylation sites (tertiary alicyclic amines) is 1. The molecule has 1 atom stereocenters. The van der Waals surface area contributed by atoms with Gasteiger partial charge in [-0.15, -0.1) is 5.10 Å². The molecule has 1 aliphatic heterocycles. The molecule has 0 radical (unpaired) electrons. The number of amides is 1. The van der Waals surface area contributed by atoms with Gasteiger partial charge < -0.3 is 10.0 Å². The van der Waals surface area contributed by atoms with E-state index in [1.165, 1.54) is 27.6 Å². The summed E-state index contributed by atoms with van der Waals surface area (Å²) in [5, 5.41) is 16.2. The van der Waals surface area contributed by atoms with E-state index in [1.807, 2.05) is 11.0 Å². The number of aryl methyl sites for hydroxylation is 1. The number of hydrogen-bond acceptors (Lipinski definition) is 4. The molecular formula is C18H22N4O3. The molecule has 1 unspecified atom stereocenters. The topological polar surface area (TPSA) is 88.3 Å². The Kier molecular flexibility index (Phi) is 4.83. The lowest BCUT2D eigenvalue weighted by atomic mass is 9.90. The Morgan fingerprint density at radius 1 is 1.28 bits per heavy atom. The highest BCUT2D eigenvalue weighted by molar-refractivity contribution is 5.84. The van der Waals surface area contributed by atoms with Crippen LogP contribution in [0.15, 0.2) is 24.4 Å². The Balaban J connectivity index is 1.81. The molecule has 25 heavy (non-hydrogen) atoms. The zero-order chi connectivity index (χ0) is 18.0. The van der Waals surface area contributed by atoms with Crippen molar-refractivity contribution in [1.82, 2.24) is 19.9 Å². The number of hydrogen-bond donors (Lipinski definition) is 1. The third kappa shape index (κ3) is 3.55. The number of carbonyl (C=O) groups excluding carboxylic acids is 1. The van der Waals surface area contributed by atoms with Crippen LogP contribution in [0.4, 0.5) is 0 Å². The number of carboxylic acids is 1. The lowest BCUT2D eigenvalue weighted by Crippen LogP contribution is -2.40. The second-order valence-corrected chi connectivity index (χ2v) is 6.49. The standard InChI is InChI=1S/C18H22N4O3/c1-12-6-5-7-14(13(12)2)16-8-3-4-9-22(16)17(23)11-21-10-15(18(24)25)19-20-21/h5-7,10,16H,3-4,8-9,11H2,1-2H3,(H,24,25). The molecule has 1 fully saturated rings. The molecule has 7 nitrogen and oxygen atoms in total. The van der Waals surface area contributed by atoms with Crippen molar-refractivity contribution in [2.75, 3.05) is 6.54 Å². The predicted octanol–water partition coefficient (Wildman–Crippen LogP) is 2.35. The first-order valence-electron chi connectivity index (χ1n) is 8.46. The summed E-state index contributed by atoms with van der Waals surface area (Å²) in [5.74, 6) is -1.21. The lowest BCUT2D eigenvalue weighted by molar-refractivity contribution is -0.136. The Bertz CT molecular complexity index is 799. The molecule has 1 aromatic carbocycles. The number of rotatable bonds is 4. The van der Waals surface area contributed by atoms with Gasteiger partial charge in [-0.25, -0.2) is 9.48 Å². The van der Waals surface area contributed by atoms with Gasteiger partial charge in [0.1, 0.15) is 6.54 Å². The van der Waals surface area contributed by atoms with E-state index in [1.54, 1.807) is 0 Å². The molecule has 0 aliphatic carbocycles. The Morgan fingerprint density at radius 2 is 2.08 bits per heavy atom. The number of carboxylic acid groups (broad SMARTS) is 1. The largest absolute Gasteiger partial charge is 0.476 e. The van der Waals surface area contributed by atoms with Crippen LogP contribution in [-0.4, -0.2) is 43.4 Å². The van der Waals surface area contributed by atoms with E-state index < -0.39 is 5.97 Å². The van der Waals surface area contributed by atoms with E-state index in [9.17, 15) is 9.59 Å². The van der Waals surface area contributed by atoms with Crippen molar-refractivity contribution in [2.45, 2.75) is 45.7 Å². The highest BCUT2D eigenvalue weighted by Gasteiger charge is 2.29. The summed E-state index contributed by atoms with van der Waals surface area (Å²) in [7, 11) is 0. The molecule has 2 aromatic rings. The second kappa shape index (κ2) is 7.04. The van der Waals surface area contributed by atoms with Crippen LogP contribution in [0.25, 0.3) is 0 Å². The summed E-state index contributed by atoms with van der Waals surface area (Å²) in [5.41, 5.74) is 3.48. The number of piperidine rings is 1. The van der Waals surface area contributed by atoms with Gasteiger partial charge in [-0.2, -0.15) is 0 Å². The minimum Gasteiger partial charge on any atom is -0.476 e. The van der Waals surface area contributed by atoms with E-state index >= 15 is 0 Å². The lowest BCUT2D eigenvalue weighted by Gasteiger charge is -2.37. The van der Waals surface area contributed by atoms with Crippen LogP contribution in [0.1, 0.15) is 52.5 Å². The third-order valence-electron chi connectivity index (χ3n) is 4.88. The maximum absolute atomic E-state index is 12.8. The second-order valence-electron chi connectivity index (χ2n) is 6.49. The van der Waals surface area contributed by atoms with Crippen LogP contribution < -0.4 is 0 Å². The van der Waals surface area contributed by atoms with Crippen LogP contribution in [0.5, 0.6) is 0 Å².